The summed E-state index contributed by atoms with van der Waals surface area (Å²) in [5.74, 6) is -1.75. The number of pyridine rings is 1. The fourth-order valence-corrected chi connectivity index (χ4v) is 7.82. The molecule has 4 bridgehead atoms. The lowest BCUT2D eigenvalue weighted by Gasteiger charge is -2.28. The first-order valence-electron chi connectivity index (χ1n) is 15.4. The van der Waals surface area contributed by atoms with E-state index in [0.717, 1.165) is 6.20 Å². The summed E-state index contributed by atoms with van der Waals surface area (Å²) in [6.45, 7) is 0.751. The first-order chi connectivity index (χ1) is 22.8. The monoisotopic (exact) mass is 681 g/mol. The number of hydrogen-bond acceptors (Lipinski definition) is 8. The SMILES string of the molecule is C[C@@H]1CC(=O)Nc2ccc(S(=O)(=O)C3CC3)c(c2)CN(C)C(=O)[C@H](Nc2ccc3c(N)ncc(F)c3c2)c2ccc(OCC(F)F)c1c2. The molecule has 14 heteroatoms. The molecule has 0 saturated heterocycles. The number of benzene rings is 3. The fourth-order valence-electron chi connectivity index (χ4n) is 5.96. The van der Waals surface area contributed by atoms with Crippen LogP contribution in [0, 0.1) is 5.82 Å². The minimum absolute atomic E-state index is 0.0721. The van der Waals surface area contributed by atoms with Gasteiger partial charge in [0, 0.05) is 42.2 Å². The number of sulfone groups is 1. The molecular formula is C34H34F3N5O5S. The van der Waals surface area contributed by atoms with Gasteiger partial charge in [-0.1, -0.05) is 13.0 Å². The van der Waals surface area contributed by atoms with Crippen molar-refractivity contribution in [1.82, 2.24) is 9.88 Å². The molecule has 48 heavy (non-hydrogen) atoms. The van der Waals surface area contributed by atoms with Crippen molar-refractivity contribution in [3.8, 4) is 5.75 Å². The maximum absolute atomic E-state index is 14.8. The highest BCUT2D eigenvalue weighted by Crippen LogP contribution is 2.38. The lowest BCUT2D eigenvalue weighted by atomic mass is 9.92. The number of fused-ring (bicyclic) bond motifs is 5. The molecule has 1 aromatic heterocycles. The number of hydrogen-bond donors (Lipinski definition) is 3. The van der Waals surface area contributed by atoms with Gasteiger partial charge in [-0.2, -0.15) is 0 Å². The van der Waals surface area contributed by atoms with Crippen LogP contribution in [0.1, 0.15) is 54.8 Å². The van der Waals surface area contributed by atoms with Gasteiger partial charge in [0.1, 0.15) is 30.0 Å². The summed E-state index contributed by atoms with van der Waals surface area (Å²) in [5.41, 5.74) is 7.83. The number of carbonyl (C=O) groups excluding carboxylic acids is 2. The third kappa shape index (κ3) is 6.75. The van der Waals surface area contributed by atoms with Crippen LogP contribution in [0.15, 0.2) is 65.7 Å². The highest BCUT2D eigenvalue weighted by atomic mass is 32.2. The van der Waals surface area contributed by atoms with Gasteiger partial charge in [0.05, 0.1) is 16.3 Å². The summed E-state index contributed by atoms with van der Waals surface area (Å²) in [7, 11) is -2.14. The fraction of sp³-hybridized carbons (Fsp3) is 0.324. The highest BCUT2D eigenvalue weighted by molar-refractivity contribution is 7.92. The van der Waals surface area contributed by atoms with E-state index >= 15 is 0 Å². The largest absolute Gasteiger partial charge is 0.487 e. The van der Waals surface area contributed by atoms with E-state index in [0.29, 0.717) is 46.3 Å². The van der Waals surface area contributed by atoms with Crippen molar-refractivity contribution in [2.75, 3.05) is 30.0 Å². The quantitative estimate of drug-likeness (QED) is 0.222. The molecule has 2 amide bonds. The second kappa shape index (κ2) is 13.0. The topological polar surface area (TPSA) is 144 Å². The molecule has 2 atom stereocenters. The van der Waals surface area contributed by atoms with Gasteiger partial charge in [-0.25, -0.2) is 26.6 Å². The number of alkyl halides is 2. The summed E-state index contributed by atoms with van der Waals surface area (Å²) in [6, 6.07) is 12.8. The van der Waals surface area contributed by atoms with Crippen molar-refractivity contribution in [1.29, 1.82) is 0 Å². The average Bonchev–Trinajstić information content (AvgIpc) is 3.90. The molecule has 2 aliphatic rings. The van der Waals surface area contributed by atoms with E-state index in [2.05, 4.69) is 15.6 Å². The molecule has 2 heterocycles. The Morgan fingerprint density at radius 3 is 2.58 bits per heavy atom. The van der Waals surface area contributed by atoms with Crippen LogP contribution in [-0.4, -0.2) is 55.4 Å². The van der Waals surface area contributed by atoms with Crippen LogP contribution in [0.4, 0.5) is 30.4 Å². The zero-order chi connectivity index (χ0) is 34.3. The molecule has 1 aliphatic heterocycles. The molecular weight excluding hydrogens is 647 g/mol. The summed E-state index contributed by atoms with van der Waals surface area (Å²) in [6.07, 6.45) is -0.710. The van der Waals surface area contributed by atoms with Crippen molar-refractivity contribution in [2.24, 2.45) is 0 Å². The minimum atomic E-state index is -3.67. The molecule has 3 aromatic carbocycles. The number of halogens is 3. The van der Waals surface area contributed by atoms with Crippen LogP contribution < -0.4 is 21.1 Å². The predicted octanol–water partition coefficient (Wildman–Crippen LogP) is 5.79. The molecule has 0 spiro atoms. The number of nitrogens with zero attached hydrogens (tertiary/aromatic N) is 2. The molecule has 6 rings (SSSR count). The lowest BCUT2D eigenvalue weighted by Crippen LogP contribution is -2.35. The molecule has 1 saturated carbocycles. The third-order valence-electron chi connectivity index (χ3n) is 8.58. The predicted molar refractivity (Wildman–Crippen MR) is 175 cm³/mol. The van der Waals surface area contributed by atoms with Crippen LogP contribution in [0.3, 0.4) is 0 Å². The Morgan fingerprint density at radius 2 is 1.85 bits per heavy atom. The van der Waals surface area contributed by atoms with Gasteiger partial charge in [0.15, 0.2) is 9.84 Å². The Balaban J connectivity index is 1.46. The smallest absolute Gasteiger partial charge is 0.272 e. The highest BCUT2D eigenvalue weighted by Gasteiger charge is 2.38. The maximum Gasteiger partial charge on any atom is 0.272 e. The van der Waals surface area contributed by atoms with E-state index in [1.54, 1.807) is 37.3 Å². The second-order valence-electron chi connectivity index (χ2n) is 12.2. The Morgan fingerprint density at radius 1 is 1.08 bits per heavy atom. The zero-order valence-corrected chi connectivity index (χ0v) is 27.0. The number of ether oxygens (including phenoxy) is 1. The van der Waals surface area contributed by atoms with Gasteiger partial charge in [-0.15, -0.1) is 0 Å². The Kier molecular flexibility index (Phi) is 8.94. The van der Waals surface area contributed by atoms with Crippen LogP contribution in [-0.2, 0) is 26.0 Å². The van der Waals surface area contributed by atoms with Crippen molar-refractivity contribution >= 4 is 49.6 Å². The second-order valence-corrected chi connectivity index (χ2v) is 14.4. The summed E-state index contributed by atoms with van der Waals surface area (Å²) in [4.78, 5) is 32.9. The number of rotatable bonds is 7. The number of nitrogen functional groups attached to an aromatic ring is 1. The number of nitrogens with two attached hydrogens (primary N) is 1. The Bertz CT molecular complexity index is 2020. The van der Waals surface area contributed by atoms with Gasteiger partial charge in [0.2, 0.25) is 11.8 Å². The van der Waals surface area contributed by atoms with E-state index in [1.807, 2.05) is 0 Å². The Labute approximate surface area is 275 Å². The number of carbonyl (C=O) groups is 2. The number of amides is 2. The van der Waals surface area contributed by atoms with Crippen LogP contribution in [0.5, 0.6) is 5.75 Å². The molecule has 4 N–H and O–H groups in total. The van der Waals surface area contributed by atoms with Crippen LogP contribution in [0.25, 0.3) is 10.8 Å². The van der Waals surface area contributed by atoms with Gasteiger partial charge in [-0.05, 0) is 84.0 Å². The molecule has 4 aromatic rings. The molecule has 1 fully saturated rings. The van der Waals surface area contributed by atoms with Gasteiger partial charge in [-0.3, -0.25) is 9.59 Å². The van der Waals surface area contributed by atoms with Gasteiger partial charge < -0.3 is 26.0 Å². The van der Waals surface area contributed by atoms with E-state index in [4.69, 9.17) is 10.5 Å². The van der Waals surface area contributed by atoms with Crippen LogP contribution >= 0.6 is 0 Å². The van der Waals surface area contributed by atoms with Crippen molar-refractivity contribution in [3.63, 3.8) is 0 Å². The zero-order valence-electron chi connectivity index (χ0n) is 26.2. The summed E-state index contributed by atoms with van der Waals surface area (Å²) >= 11 is 0. The Hall–Kier alpha value is -4.85. The summed E-state index contributed by atoms with van der Waals surface area (Å²) < 4.78 is 73.3. The van der Waals surface area contributed by atoms with Crippen molar-refractivity contribution in [2.45, 2.75) is 61.3 Å². The third-order valence-corrected chi connectivity index (χ3v) is 10.9. The van der Waals surface area contributed by atoms with E-state index in [9.17, 15) is 31.2 Å². The molecule has 1 aliphatic carbocycles. The van der Waals surface area contributed by atoms with Crippen molar-refractivity contribution < 1.29 is 35.9 Å². The molecule has 0 radical (unpaired) electrons. The number of nitrogens with one attached hydrogen (secondary N) is 2. The number of anilines is 3. The molecule has 0 unspecified atom stereocenters. The van der Waals surface area contributed by atoms with E-state index in [1.165, 1.54) is 36.2 Å². The molecule has 10 nitrogen and oxygen atoms in total. The summed E-state index contributed by atoms with van der Waals surface area (Å²) in [5, 5.41) is 6.05. The normalized spacial score (nSPS) is 18.8. The number of likely N-dealkylation sites (N-methyl/N-ethyl adjacent to an activating group) is 1. The van der Waals surface area contributed by atoms with E-state index in [-0.39, 0.29) is 40.7 Å². The lowest BCUT2D eigenvalue weighted by molar-refractivity contribution is -0.131. The maximum atomic E-state index is 14.8. The van der Waals surface area contributed by atoms with Crippen LogP contribution in [0.2, 0.25) is 0 Å². The molecule has 252 valence electrons. The minimum Gasteiger partial charge on any atom is -0.487 e. The van der Waals surface area contributed by atoms with Crippen molar-refractivity contribution in [3.05, 3.63) is 83.3 Å². The first kappa shape index (κ1) is 33.1. The number of aromatic nitrogens is 1. The van der Waals surface area contributed by atoms with E-state index < -0.39 is 51.8 Å². The van der Waals surface area contributed by atoms with Gasteiger partial charge >= 0.3 is 0 Å². The first-order valence-corrected chi connectivity index (χ1v) is 16.9. The standard InChI is InChI=1S/C34H34F3N5O5S/c1-18-11-31(43)40-21-5-10-29(48(45,46)23-6-7-23)20(12-21)16-42(2)34(44)32(19-3-9-28(25(18)13-19)47-17-30(36)37)41-22-4-8-24-26(14-22)27(35)15-39-33(24)38/h3-5,8-10,12-15,18,23,30,32,41H,6-7,11,16-17H2,1-2H3,(H2,38,39)(H,40,43)/t18-,32-/m1/s1. The average molecular weight is 682 g/mol. The van der Waals surface area contributed by atoms with Gasteiger partial charge in [0.25, 0.3) is 6.43 Å².